The van der Waals surface area contributed by atoms with Gasteiger partial charge >= 0.3 is 0 Å². The summed E-state index contributed by atoms with van der Waals surface area (Å²) in [5, 5.41) is 10.6. The van der Waals surface area contributed by atoms with Crippen molar-refractivity contribution in [2.24, 2.45) is 0 Å². The van der Waals surface area contributed by atoms with Crippen LogP contribution < -0.4 is 15.9 Å². The maximum atomic E-state index is 15.6. The molecule has 0 bridgehead atoms. The van der Waals surface area contributed by atoms with E-state index in [9.17, 15) is 0 Å². The lowest BCUT2D eigenvalue weighted by atomic mass is 9.74. The summed E-state index contributed by atoms with van der Waals surface area (Å²) >= 11 is 0. The molecule has 0 amide bonds. The second kappa shape index (κ2) is 9.34. The summed E-state index contributed by atoms with van der Waals surface area (Å²) in [6, 6.07) is 50.1. The highest BCUT2D eigenvalue weighted by Gasteiger charge is 2.49. The first-order valence-corrected chi connectivity index (χ1v) is 18.7. The summed E-state index contributed by atoms with van der Waals surface area (Å²) in [7, 11) is -3.14. The first kappa shape index (κ1) is 28.1. The lowest BCUT2D eigenvalue weighted by molar-refractivity contribution is 0.592. The summed E-state index contributed by atoms with van der Waals surface area (Å²) in [6.45, 7) is 9.42. The maximum Gasteiger partial charge on any atom is 0.171 e. The zero-order chi connectivity index (χ0) is 32.6. The number of benzene rings is 8. The van der Waals surface area contributed by atoms with Crippen molar-refractivity contribution >= 4 is 55.4 Å². The van der Waals surface area contributed by atoms with Gasteiger partial charge in [-0.3, -0.25) is 0 Å². The Kier molecular flexibility index (Phi) is 5.46. The van der Waals surface area contributed by atoms with E-state index < -0.39 is 7.14 Å². The fourth-order valence-electron chi connectivity index (χ4n) is 9.06. The molecule has 1 nitrogen and oxygen atoms in total. The molecule has 10 rings (SSSR count). The van der Waals surface area contributed by atoms with Crippen LogP contribution in [0.2, 0.25) is 0 Å². The quantitative estimate of drug-likeness (QED) is 0.139. The van der Waals surface area contributed by atoms with Crippen molar-refractivity contribution in [1.82, 2.24) is 0 Å². The summed E-state index contributed by atoms with van der Waals surface area (Å²) in [5.74, 6) is 0. The molecule has 230 valence electrons. The first-order valence-electron chi connectivity index (χ1n) is 17.0. The van der Waals surface area contributed by atoms with Gasteiger partial charge in [0.05, 0.1) is 0 Å². The van der Waals surface area contributed by atoms with Gasteiger partial charge < -0.3 is 4.57 Å². The van der Waals surface area contributed by atoms with Crippen molar-refractivity contribution in [3.63, 3.8) is 0 Å². The zero-order valence-electron chi connectivity index (χ0n) is 27.6. The fourth-order valence-corrected chi connectivity index (χ4v) is 11.8. The Bertz CT molecular complexity index is 2520. The van der Waals surface area contributed by atoms with Gasteiger partial charge in [0.25, 0.3) is 0 Å². The molecule has 0 atom stereocenters. The molecular weight excluding hydrogens is 599 g/mol. The van der Waals surface area contributed by atoms with Crippen LogP contribution in [0.4, 0.5) is 0 Å². The molecule has 0 heterocycles. The van der Waals surface area contributed by atoms with Crippen LogP contribution in [-0.2, 0) is 15.4 Å². The standard InChI is InChI=1S/C46H35OP/c1-45(2)37-24-33(32-22-30-20-18-28-12-11-13-29-19-21-31(23-32)42(30)41(28)29)25-38-43(37)44-39(45)26-36(27-40(44)46(38,3)4)48(47,34-14-7-5-8-15-34)35-16-9-6-10-17-35/h5-27H,1-4H3. The molecule has 0 aliphatic heterocycles. The maximum absolute atomic E-state index is 15.6. The van der Waals surface area contributed by atoms with Crippen molar-refractivity contribution in [1.29, 1.82) is 0 Å². The first-order chi connectivity index (χ1) is 23.2. The molecule has 8 aromatic carbocycles. The van der Waals surface area contributed by atoms with Gasteiger partial charge in [-0.25, -0.2) is 0 Å². The molecule has 0 saturated carbocycles. The van der Waals surface area contributed by atoms with Crippen LogP contribution >= 0.6 is 7.14 Å². The van der Waals surface area contributed by atoms with E-state index in [0.717, 1.165) is 15.9 Å². The second-order valence-electron chi connectivity index (χ2n) is 14.9. The van der Waals surface area contributed by atoms with E-state index in [1.807, 2.05) is 60.7 Å². The van der Waals surface area contributed by atoms with Crippen LogP contribution in [0.15, 0.2) is 140 Å². The van der Waals surface area contributed by atoms with Gasteiger partial charge in [-0.1, -0.05) is 131 Å². The minimum atomic E-state index is -3.14. The predicted molar refractivity (Wildman–Crippen MR) is 205 cm³/mol. The molecular formula is C46H35OP. The molecule has 0 aromatic heterocycles. The topological polar surface area (TPSA) is 17.1 Å². The molecule has 0 unspecified atom stereocenters. The van der Waals surface area contributed by atoms with Crippen LogP contribution in [0.5, 0.6) is 0 Å². The van der Waals surface area contributed by atoms with Crippen molar-refractivity contribution in [3.05, 3.63) is 162 Å². The third kappa shape index (κ3) is 3.50. The highest BCUT2D eigenvalue weighted by atomic mass is 31.2. The highest BCUT2D eigenvalue weighted by molar-refractivity contribution is 7.85. The summed E-state index contributed by atoms with van der Waals surface area (Å²) in [5.41, 5.74) is 10.1. The van der Waals surface area contributed by atoms with Crippen LogP contribution in [-0.4, -0.2) is 0 Å². The van der Waals surface area contributed by atoms with E-state index in [1.54, 1.807) is 0 Å². The third-order valence-electron chi connectivity index (χ3n) is 11.6. The Hall–Kier alpha value is -4.97. The smallest absolute Gasteiger partial charge is 0.171 e. The number of hydrogen-bond donors (Lipinski definition) is 0. The minimum absolute atomic E-state index is 0.245. The van der Waals surface area contributed by atoms with Crippen molar-refractivity contribution < 1.29 is 4.57 Å². The molecule has 2 aliphatic carbocycles. The Morgan fingerprint density at radius 1 is 0.396 bits per heavy atom. The van der Waals surface area contributed by atoms with Crippen LogP contribution in [0, 0.1) is 0 Å². The Balaban J connectivity index is 1.19. The van der Waals surface area contributed by atoms with Crippen LogP contribution in [0.25, 0.3) is 54.6 Å². The van der Waals surface area contributed by atoms with Gasteiger partial charge in [-0.05, 0) is 113 Å². The number of hydrogen-bond acceptors (Lipinski definition) is 1. The largest absolute Gasteiger partial charge is 0.309 e. The van der Waals surface area contributed by atoms with Crippen molar-refractivity contribution in [2.45, 2.75) is 38.5 Å². The van der Waals surface area contributed by atoms with Crippen molar-refractivity contribution in [2.75, 3.05) is 0 Å². The SMILES string of the molecule is CC1(C)c2cc(-c3cc4ccc5cccc6ccc(c3)c4c56)cc3c2-c2c1cc(P(=O)(c1ccccc1)c1ccccc1)cc2C3(C)C. The van der Waals surface area contributed by atoms with Crippen LogP contribution in [0.3, 0.4) is 0 Å². The molecule has 2 heteroatoms. The summed E-state index contributed by atoms with van der Waals surface area (Å²) < 4.78 is 15.6. The van der Waals surface area contributed by atoms with Gasteiger partial charge in [0.2, 0.25) is 0 Å². The summed E-state index contributed by atoms with van der Waals surface area (Å²) in [4.78, 5) is 0. The number of rotatable bonds is 4. The van der Waals surface area contributed by atoms with Gasteiger partial charge in [-0.15, -0.1) is 0 Å². The lowest BCUT2D eigenvalue weighted by Crippen LogP contribution is -2.29. The molecule has 0 N–H and O–H groups in total. The lowest BCUT2D eigenvalue weighted by Gasteiger charge is -2.31. The molecule has 0 radical (unpaired) electrons. The van der Waals surface area contributed by atoms with E-state index in [-0.39, 0.29) is 10.8 Å². The van der Waals surface area contributed by atoms with Crippen LogP contribution in [0.1, 0.15) is 49.9 Å². The average Bonchev–Trinajstić information content (AvgIpc) is 3.49. The molecule has 0 saturated heterocycles. The predicted octanol–water partition coefficient (Wildman–Crippen LogP) is 10.8. The third-order valence-corrected chi connectivity index (χ3v) is 14.6. The van der Waals surface area contributed by atoms with E-state index in [0.29, 0.717) is 0 Å². The molecule has 0 spiro atoms. The molecule has 0 fully saturated rings. The van der Waals surface area contributed by atoms with Gasteiger partial charge in [0, 0.05) is 26.7 Å². The highest BCUT2D eigenvalue weighted by Crippen LogP contribution is 2.62. The molecule has 8 aromatic rings. The second-order valence-corrected chi connectivity index (χ2v) is 17.7. The van der Waals surface area contributed by atoms with E-state index in [1.165, 1.54) is 76.8 Å². The molecule has 48 heavy (non-hydrogen) atoms. The van der Waals surface area contributed by atoms with E-state index in [4.69, 9.17) is 0 Å². The Morgan fingerprint density at radius 3 is 1.27 bits per heavy atom. The fraction of sp³-hybridized carbons (Fsp3) is 0.130. The average molecular weight is 635 g/mol. The Morgan fingerprint density at radius 2 is 0.792 bits per heavy atom. The monoisotopic (exact) mass is 634 g/mol. The van der Waals surface area contributed by atoms with Gasteiger partial charge in [0.15, 0.2) is 7.14 Å². The zero-order valence-corrected chi connectivity index (χ0v) is 28.5. The van der Waals surface area contributed by atoms with Gasteiger partial charge in [0.1, 0.15) is 0 Å². The van der Waals surface area contributed by atoms with Gasteiger partial charge in [-0.2, -0.15) is 0 Å². The normalized spacial score (nSPS) is 15.5. The van der Waals surface area contributed by atoms with E-state index >= 15 is 4.57 Å². The Labute approximate surface area is 281 Å². The minimum Gasteiger partial charge on any atom is -0.309 e. The van der Waals surface area contributed by atoms with Crippen molar-refractivity contribution in [3.8, 4) is 22.3 Å². The van der Waals surface area contributed by atoms with E-state index in [2.05, 4.69) is 107 Å². The molecule has 2 aliphatic rings. The summed E-state index contributed by atoms with van der Waals surface area (Å²) in [6.07, 6.45) is 0.